The summed E-state index contributed by atoms with van der Waals surface area (Å²) < 4.78 is 15.0. The lowest BCUT2D eigenvalue weighted by atomic mass is 10.2. The van der Waals surface area contributed by atoms with Crippen LogP contribution in [0.5, 0.6) is 0 Å². The van der Waals surface area contributed by atoms with Gasteiger partial charge >= 0.3 is 0 Å². The first-order valence-corrected chi connectivity index (χ1v) is 8.31. The molecule has 0 N–H and O–H groups in total. The van der Waals surface area contributed by atoms with Gasteiger partial charge in [0.15, 0.2) is 17.3 Å². The molecule has 3 heterocycles. The maximum Gasteiger partial charge on any atom is 0.226 e. The normalized spacial score (nSPS) is 12.6. The average molecular weight is 325 g/mol. The number of aromatic nitrogens is 7. The van der Waals surface area contributed by atoms with E-state index < -0.39 is 10.8 Å². The summed E-state index contributed by atoms with van der Waals surface area (Å²) in [6.07, 6.45) is 3.03. The van der Waals surface area contributed by atoms with Gasteiger partial charge in [-0.15, -0.1) is 25.5 Å². The van der Waals surface area contributed by atoms with Gasteiger partial charge in [0, 0.05) is 11.8 Å². The van der Waals surface area contributed by atoms with E-state index in [4.69, 9.17) is 0 Å². The molecule has 0 radical (unpaired) electrons. The van der Waals surface area contributed by atoms with Gasteiger partial charge in [0.1, 0.15) is 6.33 Å². The molecule has 4 rings (SSSR count). The predicted octanol–water partition coefficient (Wildman–Crippen LogP) is 1.11. The molecule has 114 valence electrons. The molecule has 0 saturated heterocycles. The Hall–Kier alpha value is -2.94. The molecule has 1 aromatic carbocycles. The highest BCUT2D eigenvalue weighted by Crippen LogP contribution is 2.18. The second-order valence-electron chi connectivity index (χ2n) is 4.79. The van der Waals surface area contributed by atoms with E-state index in [1.54, 1.807) is 27.5 Å². The summed E-state index contributed by atoms with van der Waals surface area (Å²) in [4.78, 5) is 0. The van der Waals surface area contributed by atoms with Crippen molar-refractivity contribution in [2.24, 2.45) is 0 Å². The molecule has 23 heavy (non-hydrogen) atoms. The second kappa shape index (κ2) is 5.36. The van der Waals surface area contributed by atoms with Gasteiger partial charge in [-0.05, 0) is 12.1 Å². The Labute approximate surface area is 133 Å². The molecule has 1 atom stereocenters. The lowest BCUT2D eigenvalue weighted by Crippen LogP contribution is -2.06. The molecule has 0 aliphatic heterocycles. The zero-order valence-corrected chi connectivity index (χ0v) is 12.9. The molecule has 0 aliphatic rings. The largest absolute Gasteiger partial charge is 0.257 e. The third-order valence-corrected chi connectivity index (χ3v) is 4.09. The molecule has 9 heteroatoms. The number of fused-ring (bicyclic) bond motifs is 1. The van der Waals surface area contributed by atoms with Crippen LogP contribution in [-0.4, -0.2) is 45.0 Å². The van der Waals surface area contributed by atoms with Crippen molar-refractivity contribution in [3.8, 4) is 17.2 Å². The lowest BCUT2D eigenvalue weighted by Gasteiger charge is -2.05. The van der Waals surface area contributed by atoms with Gasteiger partial charge in [0.2, 0.25) is 5.16 Å². The Kier molecular flexibility index (Phi) is 3.19. The Morgan fingerprint density at radius 3 is 2.61 bits per heavy atom. The molecule has 0 spiro atoms. The molecule has 0 aliphatic carbocycles. The SMILES string of the molecule is C[S@@](=O)c1nncn1-c1ccc2nnc(-c3ccccc3)n2n1. The van der Waals surface area contributed by atoms with E-state index in [9.17, 15) is 4.21 Å². The first kappa shape index (κ1) is 13.7. The van der Waals surface area contributed by atoms with Crippen molar-refractivity contribution >= 4 is 16.4 Å². The summed E-state index contributed by atoms with van der Waals surface area (Å²) in [5.41, 5.74) is 1.53. The molecule has 0 saturated carbocycles. The Morgan fingerprint density at radius 1 is 1.00 bits per heavy atom. The fraction of sp³-hybridized carbons (Fsp3) is 0.0714. The van der Waals surface area contributed by atoms with Crippen LogP contribution >= 0.6 is 0 Å². The second-order valence-corrected chi connectivity index (χ2v) is 6.06. The fourth-order valence-corrected chi connectivity index (χ4v) is 2.83. The summed E-state index contributed by atoms with van der Waals surface area (Å²) in [7, 11) is -1.27. The van der Waals surface area contributed by atoms with Crippen LogP contribution in [-0.2, 0) is 10.8 Å². The van der Waals surface area contributed by atoms with Crippen molar-refractivity contribution in [1.82, 2.24) is 34.6 Å². The smallest absolute Gasteiger partial charge is 0.226 e. The monoisotopic (exact) mass is 325 g/mol. The summed E-state index contributed by atoms with van der Waals surface area (Å²) in [6, 6.07) is 13.2. The van der Waals surface area contributed by atoms with Gasteiger partial charge in [-0.25, -0.2) is 0 Å². The quantitative estimate of drug-likeness (QED) is 0.560. The first-order valence-electron chi connectivity index (χ1n) is 6.76. The highest BCUT2D eigenvalue weighted by molar-refractivity contribution is 7.84. The highest BCUT2D eigenvalue weighted by Gasteiger charge is 2.14. The molecule has 0 unspecified atom stereocenters. The van der Waals surface area contributed by atoms with Crippen molar-refractivity contribution < 1.29 is 4.21 Å². The van der Waals surface area contributed by atoms with E-state index in [1.165, 1.54) is 6.33 Å². The van der Waals surface area contributed by atoms with Crippen LogP contribution < -0.4 is 0 Å². The van der Waals surface area contributed by atoms with Crippen molar-refractivity contribution in [3.63, 3.8) is 0 Å². The molecule has 0 fully saturated rings. The van der Waals surface area contributed by atoms with E-state index in [2.05, 4.69) is 25.5 Å². The van der Waals surface area contributed by atoms with E-state index in [1.807, 2.05) is 30.3 Å². The van der Waals surface area contributed by atoms with Crippen LogP contribution in [0, 0.1) is 0 Å². The summed E-state index contributed by atoms with van der Waals surface area (Å²) >= 11 is 0. The van der Waals surface area contributed by atoms with Crippen molar-refractivity contribution in [1.29, 1.82) is 0 Å². The molecule has 4 aromatic rings. The first-order chi connectivity index (χ1) is 11.2. The van der Waals surface area contributed by atoms with Crippen LogP contribution in [0.4, 0.5) is 0 Å². The van der Waals surface area contributed by atoms with Gasteiger partial charge in [-0.1, -0.05) is 30.3 Å². The minimum atomic E-state index is -1.27. The minimum absolute atomic E-state index is 0.339. The van der Waals surface area contributed by atoms with Crippen LogP contribution in [0.3, 0.4) is 0 Å². The maximum absolute atomic E-state index is 11.7. The molecule has 3 aromatic heterocycles. The Balaban J connectivity index is 1.91. The van der Waals surface area contributed by atoms with Crippen LogP contribution in [0.2, 0.25) is 0 Å². The molecule has 0 bridgehead atoms. The minimum Gasteiger partial charge on any atom is -0.257 e. The van der Waals surface area contributed by atoms with Crippen molar-refractivity contribution in [2.75, 3.05) is 6.26 Å². The van der Waals surface area contributed by atoms with Crippen LogP contribution in [0.25, 0.3) is 22.9 Å². The number of hydrogen-bond acceptors (Lipinski definition) is 6. The fourth-order valence-electron chi connectivity index (χ4n) is 2.25. The number of rotatable bonds is 3. The molecular weight excluding hydrogens is 314 g/mol. The lowest BCUT2D eigenvalue weighted by molar-refractivity contribution is 0.673. The topological polar surface area (TPSA) is 90.9 Å². The Morgan fingerprint density at radius 2 is 1.83 bits per heavy atom. The highest BCUT2D eigenvalue weighted by atomic mass is 32.2. The zero-order valence-electron chi connectivity index (χ0n) is 12.1. The van der Waals surface area contributed by atoms with E-state index in [0.717, 1.165) is 5.56 Å². The number of nitrogens with zero attached hydrogens (tertiary/aromatic N) is 7. The van der Waals surface area contributed by atoms with Gasteiger partial charge in [0.25, 0.3) is 0 Å². The summed E-state index contributed by atoms with van der Waals surface area (Å²) in [6.45, 7) is 0. The Bertz CT molecular complexity index is 1010. The maximum atomic E-state index is 11.7. The van der Waals surface area contributed by atoms with Crippen molar-refractivity contribution in [2.45, 2.75) is 5.16 Å². The predicted molar refractivity (Wildman–Crippen MR) is 83.5 cm³/mol. The molecule has 8 nitrogen and oxygen atoms in total. The molecular formula is C14H11N7OS. The van der Waals surface area contributed by atoms with E-state index in [-0.39, 0.29) is 0 Å². The van der Waals surface area contributed by atoms with Gasteiger partial charge in [-0.3, -0.25) is 8.78 Å². The third-order valence-electron chi connectivity index (χ3n) is 3.30. The van der Waals surface area contributed by atoms with Crippen LogP contribution in [0.1, 0.15) is 0 Å². The summed E-state index contributed by atoms with van der Waals surface area (Å²) in [5, 5.41) is 20.9. The number of benzene rings is 1. The number of hydrogen-bond donors (Lipinski definition) is 0. The summed E-state index contributed by atoms with van der Waals surface area (Å²) in [5.74, 6) is 1.18. The van der Waals surface area contributed by atoms with E-state index in [0.29, 0.717) is 22.4 Å². The van der Waals surface area contributed by atoms with Crippen LogP contribution in [0.15, 0.2) is 53.9 Å². The van der Waals surface area contributed by atoms with Gasteiger partial charge in [0.05, 0.1) is 10.8 Å². The average Bonchev–Trinajstić information content (AvgIpc) is 3.22. The van der Waals surface area contributed by atoms with Gasteiger partial charge in [-0.2, -0.15) is 4.52 Å². The standard InChI is InChI=1S/C14H11N7OS/c1-23(22)14-18-15-9-20(14)12-8-7-11-16-17-13(21(11)19-12)10-5-3-2-4-6-10/h2-9H,1H3/t23-/m1/s1. The molecule has 0 amide bonds. The zero-order chi connectivity index (χ0) is 15.8. The third kappa shape index (κ3) is 2.30. The van der Waals surface area contributed by atoms with E-state index >= 15 is 0 Å². The van der Waals surface area contributed by atoms with Crippen molar-refractivity contribution in [3.05, 3.63) is 48.8 Å². The van der Waals surface area contributed by atoms with Gasteiger partial charge < -0.3 is 0 Å².